The number of aryl methyl sites for hydroxylation is 3. The monoisotopic (exact) mass is 400 g/mol. The van der Waals surface area contributed by atoms with Crippen LogP contribution in [0.2, 0.25) is 0 Å². The topological polar surface area (TPSA) is 43.6 Å². The van der Waals surface area contributed by atoms with Crippen LogP contribution in [0.25, 0.3) is 10.2 Å². The molecule has 0 aliphatic rings. The molecule has 0 aliphatic carbocycles. The third-order valence-electron chi connectivity index (χ3n) is 4.44. The number of rotatable bonds is 6. The van der Waals surface area contributed by atoms with E-state index >= 15 is 0 Å². The molecule has 1 aromatic heterocycles. The SMILES string of the molecule is CCOc1ccc2c(c1)sc(=NC(=O)c1ccc(C)c(C)c1)n2CCSC. The zero-order valence-corrected chi connectivity index (χ0v) is 17.7. The second-order valence-corrected chi connectivity index (χ2v) is 8.30. The van der Waals surface area contributed by atoms with Gasteiger partial charge in [0.05, 0.1) is 16.8 Å². The molecule has 0 radical (unpaired) electrons. The number of hydrogen-bond acceptors (Lipinski definition) is 4. The second kappa shape index (κ2) is 8.76. The molecule has 0 saturated carbocycles. The zero-order chi connectivity index (χ0) is 19.4. The Morgan fingerprint density at radius 1 is 1.19 bits per heavy atom. The lowest BCUT2D eigenvalue weighted by Crippen LogP contribution is -2.18. The molecule has 0 N–H and O–H groups in total. The minimum atomic E-state index is -0.201. The maximum absolute atomic E-state index is 12.7. The summed E-state index contributed by atoms with van der Waals surface area (Å²) in [4.78, 5) is 17.9. The Labute approximate surface area is 167 Å². The molecule has 3 aromatic rings. The van der Waals surface area contributed by atoms with Crippen molar-refractivity contribution in [3.63, 3.8) is 0 Å². The van der Waals surface area contributed by atoms with E-state index in [1.807, 2.05) is 51.1 Å². The van der Waals surface area contributed by atoms with Crippen molar-refractivity contribution in [2.45, 2.75) is 27.3 Å². The van der Waals surface area contributed by atoms with E-state index in [-0.39, 0.29) is 5.91 Å². The van der Waals surface area contributed by atoms with Gasteiger partial charge < -0.3 is 9.30 Å². The van der Waals surface area contributed by atoms with E-state index in [2.05, 4.69) is 21.9 Å². The van der Waals surface area contributed by atoms with Crippen molar-refractivity contribution in [2.24, 2.45) is 4.99 Å². The third-order valence-corrected chi connectivity index (χ3v) is 6.07. The molecule has 142 valence electrons. The second-order valence-electron chi connectivity index (χ2n) is 6.31. The fourth-order valence-corrected chi connectivity index (χ4v) is 4.27. The van der Waals surface area contributed by atoms with Gasteiger partial charge in [-0.25, -0.2) is 0 Å². The van der Waals surface area contributed by atoms with Gasteiger partial charge in [-0.1, -0.05) is 17.4 Å². The number of ether oxygens (including phenoxy) is 1. The Morgan fingerprint density at radius 3 is 2.70 bits per heavy atom. The molecule has 0 spiro atoms. The number of hydrogen-bond donors (Lipinski definition) is 0. The summed E-state index contributed by atoms with van der Waals surface area (Å²) in [7, 11) is 0. The largest absolute Gasteiger partial charge is 0.494 e. The number of aromatic nitrogens is 1. The average molecular weight is 401 g/mol. The summed E-state index contributed by atoms with van der Waals surface area (Å²) < 4.78 is 8.82. The lowest BCUT2D eigenvalue weighted by Gasteiger charge is -2.06. The first-order valence-corrected chi connectivity index (χ1v) is 11.2. The summed E-state index contributed by atoms with van der Waals surface area (Å²) >= 11 is 3.31. The zero-order valence-electron chi connectivity index (χ0n) is 16.1. The maximum atomic E-state index is 12.7. The molecular weight excluding hydrogens is 376 g/mol. The number of carbonyl (C=O) groups excluding carboxylic acids is 1. The molecule has 0 fully saturated rings. The lowest BCUT2D eigenvalue weighted by molar-refractivity contribution is 0.0998. The minimum absolute atomic E-state index is 0.201. The predicted octanol–water partition coefficient (Wildman–Crippen LogP) is 4.82. The van der Waals surface area contributed by atoms with Crippen LogP contribution in [0.15, 0.2) is 41.4 Å². The van der Waals surface area contributed by atoms with Crippen LogP contribution >= 0.6 is 23.1 Å². The van der Waals surface area contributed by atoms with Crippen LogP contribution in [0.5, 0.6) is 5.75 Å². The van der Waals surface area contributed by atoms with Crippen molar-refractivity contribution >= 4 is 39.2 Å². The number of benzene rings is 2. The maximum Gasteiger partial charge on any atom is 0.279 e. The molecule has 2 aromatic carbocycles. The highest BCUT2D eigenvalue weighted by molar-refractivity contribution is 7.98. The number of thioether (sulfide) groups is 1. The summed E-state index contributed by atoms with van der Waals surface area (Å²) in [6, 6.07) is 11.8. The van der Waals surface area contributed by atoms with Gasteiger partial charge in [0.25, 0.3) is 5.91 Å². The number of thiazole rings is 1. The van der Waals surface area contributed by atoms with Gasteiger partial charge in [-0.15, -0.1) is 0 Å². The first kappa shape index (κ1) is 19.7. The van der Waals surface area contributed by atoms with E-state index < -0.39 is 0 Å². The van der Waals surface area contributed by atoms with Crippen LogP contribution in [0, 0.1) is 13.8 Å². The van der Waals surface area contributed by atoms with Gasteiger partial charge in [-0.2, -0.15) is 16.8 Å². The number of amides is 1. The third kappa shape index (κ3) is 4.45. The van der Waals surface area contributed by atoms with Gasteiger partial charge in [0, 0.05) is 17.9 Å². The normalized spacial score (nSPS) is 11.9. The minimum Gasteiger partial charge on any atom is -0.494 e. The summed E-state index contributed by atoms with van der Waals surface area (Å²) in [6.45, 7) is 7.47. The molecular formula is C21H24N2O2S2. The Hall–Kier alpha value is -2.05. The van der Waals surface area contributed by atoms with E-state index in [1.54, 1.807) is 11.8 Å². The molecule has 0 aliphatic heterocycles. The van der Waals surface area contributed by atoms with Gasteiger partial charge in [0.15, 0.2) is 4.80 Å². The van der Waals surface area contributed by atoms with Gasteiger partial charge in [0.2, 0.25) is 0 Å². The number of fused-ring (bicyclic) bond motifs is 1. The van der Waals surface area contributed by atoms with Crippen molar-refractivity contribution in [3.05, 3.63) is 57.9 Å². The van der Waals surface area contributed by atoms with Gasteiger partial charge >= 0.3 is 0 Å². The Kier molecular flexibility index (Phi) is 6.39. The van der Waals surface area contributed by atoms with E-state index in [0.29, 0.717) is 12.2 Å². The Balaban J connectivity index is 2.08. The first-order valence-electron chi connectivity index (χ1n) is 8.95. The van der Waals surface area contributed by atoms with Crippen molar-refractivity contribution in [1.82, 2.24) is 4.57 Å². The lowest BCUT2D eigenvalue weighted by atomic mass is 10.1. The van der Waals surface area contributed by atoms with Crippen LogP contribution in [0.1, 0.15) is 28.4 Å². The van der Waals surface area contributed by atoms with Gasteiger partial charge in [0.1, 0.15) is 5.75 Å². The van der Waals surface area contributed by atoms with E-state index in [1.165, 1.54) is 16.9 Å². The van der Waals surface area contributed by atoms with Crippen LogP contribution in [-0.4, -0.2) is 29.1 Å². The molecule has 0 unspecified atom stereocenters. The fourth-order valence-electron chi connectivity index (χ4n) is 2.82. The van der Waals surface area contributed by atoms with E-state index in [9.17, 15) is 4.79 Å². The van der Waals surface area contributed by atoms with E-state index in [4.69, 9.17) is 4.74 Å². The average Bonchev–Trinajstić information content (AvgIpc) is 2.98. The molecule has 6 heteroatoms. The molecule has 1 amide bonds. The molecule has 4 nitrogen and oxygen atoms in total. The van der Waals surface area contributed by atoms with Crippen molar-refractivity contribution in [3.8, 4) is 5.75 Å². The van der Waals surface area contributed by atoms with Crippen molar-refractivity contribution < 1.29 is 9.53 Å². The highest BCUT2D eigenvalue weighted by Gasteiger charge is 2.11. The number of carbonyl (C=O) groups is 1. The van der Waals surface area contributed by atoms with Crippen molar-refractivity contribution in [1.29, 1.82) is 0 Å². The fraction of sp³-hybridized carbons (Fsp3) is 0.333. The summed E-state index contributed by atoms with van der Waals surface area (Å²) in [6.07, 6.45) is 2.08. The van der Waals surface area contributed by atoms with Crippen LogP contribution < -0.4 is 9.54 Å². The molecule has 27 heavy (non-hydrogen) atoms. The van der Waals surface area contributed by atoms with Gasteiger partial charge in [-0.3, -0.25) is 4.79 Å². The first-order chi connectivity index (χ1) is 13.0. The Morgan fingerprint density at radius 2 is 2.00 bits per heavy atom. The van der Waals surface area contributed by atoms with Crippen molar-refractivity contribution in [2.75, 3.05) is 18.6 Å². The number of nitrogens with zero attached hydrogens (tertiary/aromatic N) is 2. The smallest absolute Gasteiger partial charge is 0.279 e. The summed E-state index contributed by atoms with van der Waals surface area (Å²) in [5.41, 5.74) is 3.99. The highest BCUT2D eigenvalue weighted by atomic mass is 32.2. The van der Waals surface area contributed by atoms with Crippen LogP contribution in [0.4, 0.5) is 0 Å². The van der Waals surface area contributed by atoms with Crippen LogP contribution in [-0.2, 0) is 6.54 Å². The molecule has 0 bridgehead atoms. The highest BCUT2D eigenvalue weighted by Crippen LogP contribution is 2.24. The summed E-state index contributed by atoms with van der Waals surface area (Å²) in [5, 5.41) is 0. The molecule has 3 rings (SSSR count). The Bertz CT molecular complexity index is 1030. The van der Waals surface area contributed by atoms with Crippen LogP contribution in [0.3, 0.4) is 0 Å². The standard InChI is InChI=1S/C21H24N2O2S2/c1-5-25-17-8-9-18-19(13-17)27-21(23(18)10-11-26-4)22-20(24)16-7-6-14(2)15(3)12-16/h6-9,12-13H,5,10-11H2,1-4H3. The van der Waals surface area contributed by atoms with Gasteiger partial charge in [-0.05, 0) is 68.5 Å². The molecule has 0 saturated heterocycles. The molecule has 0 atom stereocenters. The molecule has 1 heterocycles. The van der Waals surface area contributed by atoms with E-state index in [0.717, 1.165) is 38.6 Å². The predicted molar refractivity (Wildman–Crippen MR) is 115 cm³/mol. The quantitative estimate of drug-likeness (QED) is 0.596. The summed E-state index contributed by atoms with van der Waals surface area (Å²) in [5.74, 6) is 1.60.